The minimum atomic E-state index is 0.245. The van der Waals surface area contributed by atoms with Crippen LogP contribution in [0.3, 0.4) is 0 Å². The van der Waals surface area contributed by atoms with Gasteiger partial charge in [0, 0.05) is 26.2 Å². The number of guanidine groups is 1. The zero-order chi connectivity index (χ0) is 21.1. The van der Waals surface area contributed by atoms with Crippen molar-refractivity contribution in [2.45, 2.75) is 66.3 Å². The van der Waals surface area contributed by atoms with Crippen LogP contribution >= 0.6 is 0 Å². The maximum absolute atomic E-state index is 9.24. The molecule has 0 spiro atoms. The summed E-state index contributed by atoms with van der Waals surface area (Å²) in [5, 5.41) is 16.1. The number of aryl methyl sites for hydroxylation is 2. The zero-order valence-electron chi connectivity index (χ0n) is 18.8. The fourth-order valence-corrected chi connectivity index (χ4v) is 3.87. The van der Waals surface area contributed by atoms with Gasteiger partial charge in [-0.05, 0) is 71.4 Å². The van der Waals surface area contributed by atoms with Crippen LogP contribution in [0.5, 0.6) is 0 Å². The van der Waals surface area contributed by atoms with Crippen molar-refractivity contribution in [1.82, 2.24) is 20.5 Å². The summed E-state index contributed by atoms with van der Waals surface area (Å²) in [5.74, 6) is 3.79. The molecule has 1 aromatic rings. The first-order valence-electron chi connectivity index (χ1n) is 11.3. The molecule has 1 saturated heterocycles. The van der Waals surface area contributed by atoms with Crippen LogP contribution < -0.4 is 10.6 Å². The molecule has 0 aromatic carbocycles. The van der Waals surface area contributed by atoms with Crippen LogP contribution in [0.4, 0.5) is 0 Å². The highest BCUT2D eigenvalue weighted by Gasteiger charge is 2.21. The molecule has 0 amide bonds. The lowest BCUT2D eigenvalue weighted by Crippen LogP contribution is -2.43. The Morgan fingerprint density at radius 1 is 1.24 bits per heavy atom. The fraction of sp³-hybridized carbons (Fsp3) is 0.818. The molecule has 1 aromatic heterocycles. The Labute approximate surface area is 176 Å². The van der Waals surface area contributed by atoms with Gasteiger partial charge >= 0.3 is 0 Å². The van der Waals surface area contributed by atoms with E-state index in [9.17, 15) is 5.11 Å². The average molecular weight is 408 g/mol. The van der Waals surface area contributed by atoms with E-state index in [4.69, 9.17) is 9.41 Å². The standard InChI is InChI=1S/C22H41N5O2/c1-5-7-19(10-13-28)14-24-22(23-6-2)25-15-20-8-11-27(12-9-20)16-21-26-17(3)18(4)29-21/h19-20,28H,5-16H2,1-4H3,(H2,23,24,25). The van der Waals surface area contributed by atoms with Gasteiger partial charge in [0.05, 0.1) is 12.2 Å². The number of rotatable bonds is 11. The molecule has 0 radical (unpaired) electrons. The van der Waals surface area contributed by atoms with Crippen LogP contribution in [0.15, 0.2) is 9.41 Å². The van der Waals surface area contributed by atoms with E-state index < -0.39 is 0 Å². The molecule has 7 heteroatoms. The number of aliphatic imine (C=N–C) groups is 1. The molecule has 2 heterocycles. The SMILES string of the molecule is CCCC(CCO)CN=C(NCC)NCC1CCN(Cc2nc(C)c(C)o2)CC1. The molecule has 1 fully saturated rings. The summed E-state index contributed by atoms with van der Waals surface area (Å²) in [6.45, 7) is 14.1. The van der Waals surface area contributed by atoms with Crippen molar-refractivity contribution in [3.05, 3.63) is 17.3 Å². The van der Waals surface area contributed by atoms with Gasteiger partial charge in [-0.15, -0.1) is 0 Å². The largest absolute Gasteiger partial charge is 0.444 e. The number of likely N-dealkylation sites (tertiary alicyclic amines) is 1. The summed E-state index contributed by atoms with van der Waals surface area (Å²) in [6, 6.07) is 0. The Balaban J connectivity index is 1.75. The quantitative estimate of drug-likeness (QED) is 0.386. The molecule has 1 aliphatic heterocycles. The van der Waals surface area contributed by atoms with Crippen molar-refractivity contribution in [2.24, 2.45) is 16.8 Å². The lowest BCUT2D eigenvalue weighted by atomic mass is 9.97. The highest BCUT2D eigenvalue weighted by molar-refractivity contribution is 5.79. The summed E-state index contributed by atoms with van der Waals surface area (Å²) >= 11 is 0. The highest BCUT2D eigenvalue weighted by Crippen LogP contribution is 2.19. The maximum atomic E-state index is 9.24. The monoisotopic (exact) mass is 407 g/mol. The number of aromatic nitrogens is 1. The van der Waals surface area contributed by atoms with Crippen molar-refractivity contribution in [1.29, 1.82) is 0 Å². The Kier molecular flexibility index (Phi) is 10.5. The third-order valence-electron chi connectivity index (χ3n) is 5.78. The van der Waals surface area contributed by atoms with Gasteiger partial charge in [-0.3, -0.25) is 9.89 Å². The molecule has 1 aliphatic rings. The topological polar surface area (TPSA) is 85.9 Å². The van der Waals surface area contributed by atoms with Crippen LogP contribution in [0, 0.1) is 25.7 Å². The van der Waals surface area contributed by atoms with Crippen LogP contribution in [-0.2, 0) is 6.54 Å². The highest BCUT2D eigenvalue weighted by atomic mass is 16.4. The van der Waals surface area contributed by atoms with Crippen LogP contribution in [0.25, 0.3) is 0 Å². The Morgan fingerprint density at radius 3 is 2.59 bits per heavy atom. The lowest BCUT2D eigenvalue weighted by molar-refractivity contribution is 0.164. The second-order valence-electron chi connectivity index (χ2n) is 8.24. The molecule has 166 valence electrons. The first-order valence-corrected chi connectivity index (χ1v) is 11.3. The fourth-order valence-electron chi connectivity index (χ4n) is 3.87. The molecule has 7 nitrogen and oxygen atoms in total. The number of aliphatic hydroxyl groups excluding tert-OH is 1. The van der Waals surface area contributed by atoms with E-state index in [1.807, 2.05) is 13.8 Å². The molecule has 0 bridgehead atoms. The zero-order valence-corrected chi connectivity index (χ0v) is 18.8. The Bertz CT molecular complexity index is 583. The minimum Gasteiger partial charge on any atom is -0.444 e. The number of nitrogens with one attached hydrogen (secondary N) is 2. The maximum Gasteiger partial charge on any atom is 0.208 e. The third-order valence-corrected chi connectivity index (χ3v) is 5.78. The Morgan fingerprint density at radius 2 is 2.00 bits per heavy atom. The minimum absolute atomic E-state index is 0.245. The van der Waals surface area contributed by atoms with E-state index in [1.54, 1.807) is 0 Å². The molecular weight excluding hydrogens is 366 g/mol. The van der Waals surface area contributed by atoms with E-state index in [-0.39, 0.29) is 6.61 Å². The van der Waals surface area contributed by atoms with E-state index in [0.29, 0.717) is 11.8 Å². The molecule has 3 N–H and O–H groups in total. The van der Waals surface area contributed by atoms with Crippen molar-refractivity contribution < 1.29 is 9.52 Å². The van der Waals surface area contributed by atoms with E-state index in [2.05, 4.69) is 34.4 Å². The smallest absolute Gasteiger partial charge is 0.208 e. The summed E-state index contributed by atoms with van der Waals surface area (Å²) in [5.41, 5.74) is 0.995. The molecule has 1 atom stereocenters. The van der Waals surface area contributed by atoms with Crippen molar-refractivity contribution in [3.8, 4) is 0 Å². The summed E-state index contributed by atoms with van der Waals surface area (Å²) < 4.78 is 5.73. The molecule has 29 heavy (non-hydrogen) atoms. The van der Waals surface area contributed by atoms with E-state index in [1.165, 1.54) is 12.8 Å². The van der Waals surface area contributed by atoms with Gasteiger partial charge in [0.25, 0.3) is 0 Å². The first kappa shape index (κ1) is 23.7. The number of oxazole rings is 1. The molecule has 1 unspecified atom stereocenters. The summed E-state index contributed by atoms with van der Waals surface area (Å²) in [6.07, 6.45) is 5.43. The van der Waals surface area contributed by atoms with Crippen molar-refractivity contribution >= 4 is 5.96 Å². The lowest BCUT2D eigenvalue weighted by Gasteiger charge is -2.31. The normalized spacial score (nSPS) is 17.5. The van der Waals surface area contributed by atoms with Gasteiger partial charge in [-0.1, -0.05) is 13.3 Å². The van der Waals surface area contributed by atoms with Gasteiger partial charge in [0.2, 0.25) is 5.89 Å². The van der Waals surface area contributed by atoms with E-state index >= 15 is 0 Å². The molecule has 0 aliphatic carbocycles. The number of hydrogen-bond acceptors (Lipinski definition) is 5. The van der Waals surface area contributed by atoms with Crippen molar-refractivity contribution in [3.63, 3.8) is 0 Å². The van der Waals surface area contributed by atoms with Crippen LogP contribution in [-0.4, -0.2) is 60.3 Å². The predicted octanol–water partition coefficient (Wildman–Crippen LogP) is 2.86. The van der Waals surface area contributed by atoms with Crippen LogP contribution in [0.2, 0.25) is 0 Å². The molecule has 0 saturated carbocycles. The van der Waals surface area contributed by atoms with Crippen molar-refractivity contribution in [2.75, 3.05) is 39.3 Å². The number of hydrogen-bond donors (Lipinski definition) is 3. The van der Waals surface area contributed by atoms with Crippen LogP contribution in [0.1, 0.15) is 63.3 Å². The Hall–Kier alpha value is -1.60. The summed E-state index contributed by atoms with van der Waals surface area (Å²) in [4.78, 5) is 11.7. The molecular formula is C22H41N5O2. The number of nitrogens with zero attached hydrogens (tertiary/aromatic N) is 3. The average Bonchev–Trinajstić information content (AvgIpc) is 3.02. The number of piperidine rings is 1. The first-order chi connectivity index (χ1) is 14.0. The molecule has 2 rings (SSSR count). The van der Waals surface area contributed by atoms with Gasteiger partial charge < -0.3 is 20.2 Å². The van der Waals surface area contributed by atoms with Gasteiger partial charge in [0.1, 0.15) is 5.76 Å². The third kappa shape index (κ3) is 8.34. The second kappa shape index (κ2) is 12.9. The van der Waals surface area contributed by atoms with Gasteiger partial charge in [-0.25, -0.2) is 4.98 Å². The number of aliphatic hydroxyl groups is 1. The second-order valence-corrected chi connectivity index (χ2v) is 8.24. The summed E-state index contributed by atoms with van der Waals surface area (Å²) in [7, 11) is 0. The van der Waals surface area contributed by atoms with E-state index in [0.717, 1.165) is 81.8 Å². The van der Waals surface area contributed by atoms with Gasteiger partial charge in [-0.2, -0.15) is 0 Å². The predicted molar refractivity (Wildman–Crippen MR) is 118 cm³/mol. The van der Waals surface area contributed by atoms with Gasteiger partial charge in [0.15, 0.2) is 5.96 Å².